The third-order valence-electron chi connectivity index (χ3n) is 2.49. The van der Waals surface area contributed by atoms with E-state index in [4.69, 9.17) is 4.65 Å². The van der Waals surface area contributed by atoms with Crippen LogP contribution in [0.1, 0.15) is 37.1 Å². The number of hydrogen-bond donors (Lipinski definition) is 0. The van der Waals surface area contributed by atoms with Crippen LogP contribution in [-0.4, -0.2) is 13.0 Å². The molecule has 14 heavy (non-hydrogen) atoms. The van der Waals surface area contributed by atoms with E-state index in [9.17, 15) is 0 Å². The van der Waals surface area contributed by atoms with E-state index in [1.807, 2.05) is 13.1 Å². The van der Waals surface area contributed by atoms with Gasteiger partial charge in [0.15, 0.2) is 0 Å². The zero-order valence-corrected chi connectivity index (χ0v) is 9.55. The topological polar surface area (TPSA) is 22.1 Å². The highest BCUT2D eigenvalue weighted by Gasteiger charge is 2.10. The maximum Gasteiger partial charge on any atom is 0.322 e. The minimum absolute atomic E-state index is 0.978. The Labute approximate surface area is 87.1 Å². The molecule has 76 valence electrons. The minimum Gasteiger partial charge on any atom is -0.566 e. The molecule has 2 nitrogen and oxygen atoms in total. The van der Waals surface area contributed by atoms with Gasteiger partial charge in [0.25, 0.3) is 0 Å². The summed E-state index contributed by atoms with van der Waals surface area (Å²) < 4.78 is 5.41. The minimum atomic E-state index is 0.978. The average molecular weight is 191 g/mol. The Hall–Kier alpha value is -0.985. The standard InChI is InChI=1S/C11H18BNO/c1-4-6-10-9(5-2)7-13-8(3)11(10)14-12/h7H,4-6,12H2,1-3H3. The molecule has 0 radical (unpaired) electrons. The summed E-state index contributed by atoms with van der Waals surface area (Å²) in [5, 5.41) is 0. The third kappa shape index (κ3) is 2.09. The van der Waals surface area contributed by atoms with Gasteiger partial charge in [-0.05, 0) is 30.9 Å². The zero-order chi connectivity index (χ0) is 10.6. The van der Waals surface area contributed by atoms with Gasteiger partial charge in [-0.15, -0.1) is 0 Å². The van der Waals surface area contributed by atoms with Gasteiger partial charge < -0.3 is 4.65 Å². The fraction of sp³-hybridized carbons (Fsp3) is 0.545. The van der Waals surface area contributed by atoms with Crippen molar-refractivity contribution in [1.29, 1.82) is 0 Å². The smallest absolute Gasteiger partial charge is 0.322 e. The quantitative estimate of drug-likeness (QED) is 0.677. The lowest BCUT2D eigenvalue weighted by Crippen LogP contribution is -2.02. The van der Waals surface area contributed by atoms with Gasteiger partial charge in [-0.2, -0.15) is 0 Å². The first kappa shape index (κ1) is 11.1. The molecular weight excluding hydrogens is 173 g/mol. The first-order valence-electron chi connectivity index (χ1n) is 5.25. The molecule has 0 fully saturated rings. The van der Waals surface area contributed by atoms with Crippen molar-refractivity contribution in [2.24, 2.45) is 0 Å². The van der Waals surface area contributed by atoms with Crippen LogP contribution in [0.2, 0.25) is 0 Å². The van der Waals surface area contributed by atoms with Crippen LogP contribution in [0.4, 0.5) is 0 Å². The van der Waals surface area contributed by atoms with Gasteiger partial charge in [0.1, 0.15) is 5.75 Å². The van der Waals surface area contributed by atoms with Crippen molar-refractivity contribution in [3.8, 4) is 5.75 Å². The molecule has 1 aromatic heterocycles. The van der Waals surface area contributed by atoms with Gasteiger partial charge in [-0.3, -0.25) is 4.98 Å². The number of hydrogen-bond acceptors (Lipinski definition) is 2. The molecular formula is C11H18BNO. The molecule has 0 amide bonds. The first-order chi connectivity index (χ1) is 6.74. The summed E-state index contributed by atoms with van der Waals surface area (Å²) >= 11 is 0. The van der Waals surface area contributed by atoms with E-state index in [0.717, 1.165) is 30.7 Å². The summed E-state index contributed by atoms with van der Waals surface area (Å²) in [5.74, 6) is 0.978. The molecule has 1 rings (SSSR count). The van der Waals surface area contributed by atoms with E-state index in [1.165, 1.54) is 11.1 Å². The molecule has 0 bridgehead atoms. The van der Waals surface area contributed by atoms with Crippen LogP contribution >= 0.6 is 0 Å². The number of nitrogens with zero attached hydrogens (tertiary/aromatic N) is 1. The van der Waals surface area contributed by atoms with Crippen LogP contribution in [0.5, 0.6) is 5.75 Å². The van der Waals surface area contributed by atoms with Crippen molar-refractivity contribution in [3.63, 3.8) is 0 Å². The summed E-state index contributed by atoms with van der Waals surface area (Å²) in [6.45, 7) is 6.34. The van der Waals surface area contributed by atoms with Crippen molar-refractivity contribution >= 4 is 8.05 Å². The Morgan fingerprint density at radius 1 is 1.43 bits per heavy atom. The molecule has 1 aromatic rings. The van der Waals surface area contributed by atoms with E-state index < -0.39 is 0 Å². The Morgan fingerprint density at radius 3 is 2.64 bits per heavy atom. The maximum absolute atomic E-state index is 5.41. The van der Waals surface area contributed by atoms with Crippen LogP contribution in [0.25, 0.3) is 0 Å². The predicted octanol–water partition coefficient (Wildman–Crippen LogP) is 1.83. The van der Waals surface area contributed by atoms with E-state index in [2.05, 4.69) is 18.8 Å². The lowest BCUT2D eigenvalue weighted by Gasteiger charge is -2.14. The Morgan fingerprint density at radius 2 is 2.14 bits per heavy atom. The van der Waals surface area contributed by atoms with Crippen LogP contribution in [0.3, 0.4) is 0 Å². The van der Waals surface area contributed by atoms with Crippen molar-refractivity contribution in [1.82, 2.24) is 4.98 Å². The van der Waals surface area contributed by atoms with Gasteiger partial charge in [0, 0.05) is 6.20 Å². The summed E-state index contributed by atoms with van der Waals surface area (Å²) in [4.78, 5) is 4.34. The van der Waals surface area contributed by atoms with E-state index in [1.54, 1.807) is 8.05 Å². The fourth-order valence-electron chi connectivity index (χ4n) is 1.78. The van der Waals surface area contributed by atoms with Crippen molar-refractivity contribution in [2.45, 2.75) is 40.0 Å². The van der Waals surface area contributed by atoms with Crippen LogP contribution in [-0.2, 0) is 12.8 Å². The summed E-state index contributed by atoms with van der Waals surface area (Å²) in [6, 6.07) is 0. The monoisotopic (exact) mass is 191 g/mol. The van der Waals surface area contributed by atoms with E-state index in [-0.39, 0.29) is 0 Å². The second-order valence-electron chi connectivity index (χ2n) is 3.48. The highest BCUT2D eigenvalue weighted by Crippen LogP contribution is 2.26. The highest BCUT2D eigenvalue weighted by atomic mass is 16.4. The lowest BCUT2D eigenvalue weighted by molar-refractivity contribution is 0.589. The van der Waals surface area contributed by atoms with Crippen LogP contribution < -0.4 is 4.65 Å². The molecule has 1 heterocycles. The fourth-order valence-corrected chi connectivity index (χ4v) is 1.78. The SMILES string of the molecule is BOc1c(C)ncc(CC)c1CCC. The molecule has 3 heteroatoms. The van der Waals surface area contributed by atoms with Crippen molar-refractivity contribution in [2.75, 3.05) is 0 Å². The predicted molar refractivity (Wildman–Crippen MR) is 61.5 cm³/mol. The molecule has 0 unspecified atom stereocenters. The summed E-state index contributed by atoms with van der Waals surface area (Å²) in [5.41, 5.74) is 3.65. The lowest BCUT2D eigenvalue weighted by atomic mass is 10.0. The van der Waals surface area contributed by atoms with Gasteiger partial charge in [-0.1, -0.05) is 20.3 Å². The molecule has 0 spiro atoms. The van der Waals surface area contributed by atoms with Crippen molar-refractivity contribution < 1.29 is 4.65 Å². The Bertz CT molecular complexity index is 312. The number of aromatic nitrogens is 1. The van der Waals surface area contributed by atoms with Crippen LogP contribution in [0.15, 0.2) is 6.20 Å². The van der Waals surface area contributed by atoms with Crippen molar-refractivity contribution in [3.05, 3.63) is 23.0 Å². The molecule has 0 aromatic carbocycles. The first-order valence-corrected chi connectivity index (χ1v) is 5.25. The Kier molecular flexibility index (Phi) is 3.99. The number of aryl methyl sites for hydroxylation is 2. The van der Waals surface area contributed by atoms with E-state index >= 15 is 0 Å². The second kappa shape index (κ2) is 5.04. The summed E-state index contributed by atoms with van der Waals surface area (Å²) in [7, 11) is 1.72. The maximum atomic E-state index is 5.41. The summed E-state index contributed by atoms with van der Waals surface area (Å²) in [6.07, 6.45) is 5.23. The van der Waals surface area contributed by atoms with E-state index in [0.29, 0.717) is 0 Å². The normalized spacial score (nSPS) is 10.2. The van der Waals surface area contributed by atoms with Crippen LogP contribution in [0, 0.1) is 6.92 Å². The number of pyridine rings is 1. The van der Waals surface area contributed by atoms with Gasteiger partial charge in [0.05, 0.1) is 5.69 Å². The molecule has 0 aliphatic carbocycles. The molecule has 0 atom stereocenters. The van der Waals surface area contributed by atoms with Gasteiger partial charge >= 0.3 is 8.05 Å². The Balaban J connectivity index is 3.21. The van der Waals surface area contributed by atoms with Gasteiger partial charge in [0.2, 0.25) is 0 Å². The molecule has 0 saturated carbocycles. The molecule has 0 aliphatic heterocycles. The molecule has 0 N–H and O–H groups in total. The highest BCUT2D eigenvalue weighted by molar-refractivity contribution is 6.00. The second-order valence-corrected chi connectivity index (χ2v) is 3.48. The molecule has 0 aliphatic rings. The largest absolute Gasteiger partial charge is 0.566 e. The molecule has 0 saturated heterocycles. The zero-order valence-electron chi connectivity index (χ0n) is 9.55. The average Bonchev–Trinajstić information content (AvgIpc) is 2.19. The number of rotatable bonds is 4. The third-order valence-corrected chi connectivity index (χ3v) is 2.49. The van der Waals surface area contributed by atoms with Gasteiger partial charge in [-0.25, -0.2) is 0 Å².